The average molecular weight is 236 g/mol. The normalized spacial score (nSPS) is 18.6. The van der Waals surface area contributed by atoms with Crippen LogP contribution in [0.25, 0.3) is 0 Å². The predicted octanol–water partition coefficient (Wildman–Crippen LogP) is 2.49. The van der Waals surface area contributed by atoms with Crippen molar-refractivity contribution in [3.63, 3.8) is 0 Å². The number of nitrogens with zero attached hydrogens (tertiary/aromatic N) is 1. The highest BCUT2D eigenvalue weighted by Gasteiger charge is 2.17. The Labute approximate surface area is 104 Å². The van der Waals surface area contributed by atoms with Crippen LogP contribution in [0.4, 0.5) is 0 Å². The molecule has 2 heterocycles. The lowest BCUT2D eigenvalue weighted by Crippen LogP contribution is -2.37. The zero-order valence-electron chi connectivity index (χ0n) is 10.8. The van der Waals surface area contributed by atoms with E-state index in [0.717, 1.165) is 24.8 Å². The van der Waals surface area contributed by atoms with Crippen LogP contribution in [0.2, 0.25) is 0 Å². The number of hydrogen-bond donors (Lipinski definition) is 1. The fraction of sp³-hybridized carbons (Fsp3) is 0.714. The molecule has 1 aromatic rings. The first-order valence-corrected chi connectivity index (χ1v) is 6.84. The first-order valence-electron chi connectivity index (χ1n) is 6.84. The molecule has 1 saturated heterocycles. The van der Waals surface area contributed by atoms with E-state index in [1.54, 1.807) is 6.26 Å². The van der Waals surface area contributed by atoms with Gasteiger partial charge in [0.25, 0.3) is 0 Å². The molecular weight excluding hydrogens is 212 g/mol. The summed E-state index contributed by atoms with van der Waals surface area (Å²) in [6.07, 6.45) is 5.69. The maximum Gasteiger partial charge on any atom is 0.117 e. The van der Waals surface area contributed by atoms with Crippen molar-refractivity contribution in [3.8, 4) is 0 Å². The summed E-state index contributed by atoms with van der Waals surface area (Å²) in [6, 6.07) is 3.97. The van der Waals surface area contributed by atoms with Crippen LogP contribution in [0.5, 0.6) is 0 Å². The van der Waals surface area contributed by atoms with Gasteiger partial charge in [-0.05, 0) is 63.5 Å². The van der Waals surface area contributed by atoms with E-state index in [2.05, 4.69) is 17.1 Å². The lowest BCUT2D eigenvalue weighted by Gasteiger charge is -2.31. The maximum atomic E-state index is 5.30. The highest BCUT2D eigenvalue weighted by atomic mass is 16.3. The molecular formula is C14H24N2O. The Kier molecular flexibility index (Phi) is 5.08. The van der Waals surface area contributed by atoms with Gasteiger partial charge in [0.2, 0.25) is 0 Å². The Morgan fingerprint density at radius 1 is 1.41 bits per heavy atom. The molecule has 1 N–H and O–H groups in total. The van der Waals surface area contributed by atoms with Crippen molar-refractivity contribution in [2.45, 2.75) is 32.7 Å². The molecule has 3 nitrogen and oxygen atoms in total. The summed E-state index contributed by atoms with van der Waals surface area (Å²) in [7, 11) is 0. The summed E-state index contributed by atoms with van der Waals surface area (Å²) in [4.78, 5) is 2.59. The van der Waals surface area contributed by atoms with E-state index in [9.17, 15) is 0 Å². The molecule has 0 radical (unpaired) electrons. The molecule has 1 aromatic heterocycles. The van der Waals surface area contributed by atoms with Crippen molar-refractivity contribution >= 4 is 0 Å². The number of likely N-dealkylation sites (tertiary alicyclic amines) is 1. The van der Waals surface area contributed by atoms with Gasteiger partial charge in [-0.15, -0.1) is 0 Å². The van der Waals surface area contributed by atoms with Gasteiger partial charge in [-0.3, -0.25) is 0 Å². The monoisotopic (exact) mass is 236 g/mol. The number of rotatable bonds is 6. The average Bonchev–Trinajstić information content (AvgIpc) is 2.85. The summed E-state index contributed by atoms with van der Waals surface area (Å²) in [5.74, 6) is 1.88. The first kappa shape index (κ1) is 12.7. The van der Waals surface area contributed by atoms with Crippen LogP contribution in [-0.4, -0.2) is 31.1 Å². The van der Waals surface area contributed by atoms with Crippen LogP contribution >= 0.6 is 0 Å². The standard InChI is InChI=1S/C14H24N2O/c1-2-7-16-8-5-13(6-9-16)11-15-12-14-4-3-10-17-14/h3-4,10,13,15H,2,5-9,11-12H2,1H3. The predicted molar refractivity (Wildman–Crippen MR) is 69.9 cm³/mol. The molecule has 0 aromatic carbocycles. The second-order valence-corrected chi connectivity index (χ2v) is 5.00. The molecule has 0 amide bonds. The Morgan fingerprint density at radius 2 is 2.24 bits per heavy atom. The Hall–Kier alpha value is -0.800. The van der Waals surface area contributed by atoms with E-state index in [4.69, 9.17) is 4.42 Å². The van der Waals surface area contributed by atoms with Gasteiger partial charge in [0, 0.05) is 0 Å². The van der Waals surface area contributed by atoms with Gasteiger partial charge < -0.3 is 14.6 Å². The molecule has 2 rings (SSSR count). The smallest absolute Gasteiger partial charge is 0.117 e. The molecule has 1 aliphatic rings. The third-order valence-electron chi connectivity index (χ3n) is 3.56. The largest absolute Gasteiger partial charge is 0.468 e. The molecule has 0 spiro atoms. The number of furan rings is 1. The molecule has 0 bridgehead atoms. The first-order chi connectivity index (χ1) is 8.38. The van der Waals surface area contributed by atoms with Gasteiger partial charge in [-0.25, -0.2) is 0 Å². The van der Waals surface area contributed by atoms with Gasteiger partial charge in [0.15, 0.2) is 0 Å². The van der Waals surface area contributed by atoms with E-state index in [-0.39, 0.29) is 0 Å². The van der Waals surface area contributed by atoms with Crippen molar-refractivity contribution in [2.24, 2.45) is 5.92 Å². The third-order valence-corrected chi connectivity index (χ3v) is 3.56. The second kappa shape index (κ2) is 6.82. The van der Waals surface area contributed by atoms with Crippen LogP contribution in [0.1, 0.15) is 31.9 Å². The van der Waals surface area contributed by atoms with Crippen molar-refractivity contribution in [2.75, 3.05) is 26.2 Å². The molecule has 96 valence electrons. The van der Waals surface area contributed by atoms with Gasteiger partial charge in [-0.1, -0.05) is 6.92 Å². The molecule has 17 heavy (non-hydrogen) atoms. The third kappa shape index (κ3) is 4.17. The van der Waals surface area contributed by atoms with Crippen LogP contribution in [0.3, 0.4) is 0 Å². The Morgan fingerprint density at radius 3 is 2.88 bits per heavy atom. The summed E-state index contributed by atoms with van der Waals surface area (Å²) in [5, 5.41) is 3.49. The molecule has 3 heteroatoms. The summed E-state index contributed by atoms with van der Waals surface area (Å²) in [6.45, 7) is 8.08. The highest BCUT2D eigenvalue weighted by molar-refractivity contribution is 4.97. The number of hydrogen-bond acceptors (Lipinski definition) is 3. The zero-order chi connectivity index (χ0) is 11.9. The van der Waals surface area contributed by atoms with Gasteiger partial charge >= 0.3 is 0 Å². The maximum absolute atomic E-state index is 5.30. The van der Waals surface area contributed by atoms with Crippen molar-refractivity contribution in [1.29, 1.82) is 0 Å². The Balaban J connectivity index is 1.58. The minimum atomic E-state index is 0.845. The fourth-order valence-corrected chi connectivity index (χ4v) is 2.54. The number of nitrogens with one attached hydrogen (secondary N) is 1. The molecule has 0 unspecified atom stereocenters. The van der Waals surface area contributed by atoms with Crippen LogP contribution in [-0.2, 0) is 6.54 Å². The van der Waals surface area contributed by atoms with Gasteiger partial charge in [-0.2, -0.15) is 0 Å². The molecule has 0 atom stereocenters. The van der Waals surface area contributed by atoms with Crippen LogP contribution < -0.4 is 5.32 Å². The van der Waals surface area contributed by atoms with E-state index >= 15 is 0 Å². The zero-order valence-corrected chi connectivity index (χ0v) is 10.8. The second-order valence-electron chi connectivity index (χ2n) is 5.00. The van der Waals surface area contributed by atoms with Crippen molar-refractivity contribution in [1.82, 2.24) is 10.2 Å². The van der Waals surface area contributed by atoms with E-state index in [1.807, 2.05) is 12.1 Å². The Bertz CT molecular complexity index is 289. The van der Waals surface area contributed by atoms with Crippen molar-refractivity contribution < 1.29 is 4.42 Å². The molecule has 0 aliphatic carbocycles. The molecule has 0 saturated carbocycles. The van der Waals surface area contributed by atoms with E-state index in [0.29, 0.717) is 0 Å². The van der Waals surface area contributed by atoms with Gasteiger partial charge in [0.05, 0.1) is 12.8 Å². The number of piperidine rings is 1. The lowest BCUT2D eigenvalue weighted by molar-refractivity contribution is 0.182. The molecule has 1 aliphatic heterocycles. The molecule has 1 fully saturated rings. The lowest BCUT2D eigenvalue weighted by atomic mass is 9.96. The SMILES string of the molecule is CCCN1CCC(CNCc2ccco2)CC1. The van der Waals surface area contributed by atoms with Gasteiger partial charge in [0.1, 0.15) is 5.76 Å². The van der Waals surface area contributed by atoms with Crippen molar-refractivity contribution in [3.05, 3.63) is 24.2 Å². The summed E-state index contributed by atoms with van der Waals surface area (Å²) >= 11 is 0. The van der Waals surface area contributed by atoms with Crippen LogP contribution in [0.15, 0.2) is 22.8 Å². The summed E-state index contributed by atoms with van der Waals surface area (Å²) in [5.41, 5.74) is 0. The summed E-state index contributed by atoms with van der Waals surface area (Å²) < 4.78 is 5.30. The topological polar surface area (TPSA) is 28.4 Å². The fourth-order valence-electron chi connectivity index (χ4n) is 2.54. The van der Waals surface area contributed by atoms with E-state index in [1.165, 1.54) is 38.9 Å². The van der Waals surface area contributed by atoms with Crippen LogP contribution in [0, 0.1) is 5.92 Å². The van der Waals surface area contributed by atoms with E-state index < -0.39 is 0 Å². The highest BCUT2D eigenvalue weighted by Crippen LogP contribution is 2.16. The minimum Gasteiger partial charge on any atom is -0.468 e. The minimum absolute atomic E-state index is 0.845. The quantitative estimate of drug-likeness (QED) is 0.822.